The van der Waals surface area contributed by atoms with Crippen LogP contribution < -0.4 is 5.32 Å². The van der Waals surface area contributed by atoms with Gasteiger partial charge in [-0.2, -0.15) is 0 Å². The monoisotopic (exact) mass is 297 g/mol. The van der Waals surface area contributed by atoms with Crippen molar-refractivity contribution in [3.8, 4) is 0 Å². The molecular formula is C14H19NO4S. The lowest BCUT2D eigenvalue weighted by atomic mass is 9.86. The number of aliphatic carboxylic acids is 1. The van der Waals surface area contributed by atoms with Crippen LogP contribution in [0.3, 0.4) is 0 Å². The highest BCUT2D eigenvalue weighted by Crippen LogP contribution is 2.27. The summed E-state index contributed by atoms with van der Waals surface area (Å²) in [6, 6.07) is 1.85. The van der Waals surface area contributed by atoms with Gasteiger partial charge >= 0.3 is 5.97 Å². The van der Waals surface area contributed by atoms with Gasteiger partial charge in [-0.1, -0.05) is 0 Å². The second-order valence-corrected chi connectivity index (χ2v) is 6.52. The van der Waals surface area contributed by atoms with Crippen LogP contribution in [0.1, 0.15) is 39.4 Å². The third kappa shape index (κ3) is 3.37. The van der Waals surface area contributed by atoms with Crippen LogP contribution in [0.15, 0.2) is 6.07 Å². The molecule has 1 aliphatic rings. The summed E-state index contributed by atoms with van der Waals surface area (Å²) in [6.45, 7) is 4.90. The molecule has 5 nitrogen and oxygen atoms in total. The summed E-state index contributed by atoms with van der Waals surface area (Å²) in [6.07, 6.45) is 1.01. The fraction of sp³-hybridized carbons (Fsp3) is 0.571. The highest BCUT2D eigenvalue weighted by molar-refractivity contribution is 7.14. The second kappa shape index (κ2) is 5.93. The van der Waals surface area contributed by atoms with Gasteiger partial charge in [-0.3, -0.25) is 9.59 Å². The van der Waals surface area contributed by atoms with Gasteiger partial charge in [0.1, 0.15) is 0 Å². The summed E-state index contributed by atoms with van der Waals surface area (Å²) < 4.78 is 5.28. The van der Waals surface area contributed by atoms with Crippen LogP contribution in [-0.2, 0) is 9.53 Å². The van der Waals surface area contributed by atoms with E-state index in [0.717, 1.165) is 10.4 Å². The number of carbonyl (C=O) groups excluding carboxylic acids is 1. The predicted molar refractivity (Wildman–Crippen MR) is 76.3 cm³/mol. The highest BCUT2D eigenvalue weighted by Gasteiger charge is 2.36. The number of thiophene rings is 1. The average Bonchev–Trinajstić information content (AvgIpc) is 2.69. The summed E-state index contributed by atoms with van der Waals surface area (Å²) in [5.41, 5.74) is 0.395. The Bertz CT molecular complexity index is 498. The van der Waals surface area contributed by atoms with Crippen molar-refractivity contribution >= 4 is 23.2 Å². The number of rotatable bonds is 4. The molecule has 0 atom stereocenters. The zero-order valence-corrected chi connectivity index (χ0v) is 12.5. The number of ether oxygens (including phenoxy) is 1. The van der Waals surface area contributed by atoms with E-state index >= 15 is 0 Å². The molecule has 2 heterocycles. The van der Waals surface area contributed by atoms with Gasteiger partial charge in [0.25, 0.3) is 5.91 Å². The number of hydrogen-bond acceptors (Lipinski definition) is 4. The first kappa shape index (κ1) is 15.0. The third-order valence-corrected chi connectivity index (χ3v) is 4.86. The molecule has 0 saturated carbocycles. The fourth-order valence-electron chi connectivity index (χ4n) is 2.39. The first-order valence-corrected chi connectivity index (χ1v) is 7.43. The number of amides is 1. The molecule has 110 valence electrons. The minimum absolute atomic E-state index is 0.0640. The first-order valence-electron chi connectivity index (χ1n) is 6.61. The topological polar surface area (TPSA) is 75.6 Å². The highest BCUT2D eigenvalue weighted by atomic mass is 32.1. The molecule has 0 radical (unpaired) electrons. The molecule has 1 aromatic rings. The van der Waals surface area contributed by atoms with Crippen molar-refractivity contribution in [2.75, 3.05) is 13.2 Å². The van der Waals surface area contributed by atoms with E-state index in [1.54, 1.807) is 0 Å². The van der Waals surface area contributed by atoms with E-state index in [2.05, 4.69) is 5.32 Å². The Hall–Kier alpha value is -1.40. The van der Waals surface area contributed by atoms with Crippen molar-refractivity contribution in [1.29, 1.82) is 0 Å². The van der Waals surface area contributed by atoms with Crippen molar-refractivity contribution in [2.45, 2.75) is 38.6 Å². The average molecular weight is 297 g/mol. The molecule has 2 rings (SSSR count). The van der Waals surface area contributed by atoms with Gasteiger partial charge in [0, 0.05) is 18.1 Å². The largest absolute Gasteiger partial charge is 0.481 e. The number of hydrogen-bond donors (Lipinski definition) is 2. The molecule has 2 N–H and O–H groups in total. The summed E-state index contributed by atoms with van der Waals surface area (Å²) in [5.74, 6) is -1.08. The Labute approximate surface area is 121 Å². The van der Waals surface area contributed by atoms with Crippen LogP contribution in [0.25, 0.3) is 0 Å². The Balaban J connectivity index is 2.14. The van der Waals surface area contributed by atoms with Crippen LogP contribution in [-0.4, -0.2) is 35.7 Å². The van der Waals surface area contributed by atoms with Gasteiger partial charge in [-0.05, 0) is 38.3 Å². The van der Waals surface area contributed by atoms with Crippen LogP contribution in [0.4, 0.5) is 0 Å². The maximum atomic E-state index is 12.3. The van der Waals surface area contributed by atoms with E-state index < -0.39 is 11.5 Å². The Morgan fingerprint density at radius 1 is 1.40 bits per heavy atom. The van der Waals surface area contributed by atoms with E-state index in [1.807, 2.05) is 19.9 Å². The zero-order valence-electron chi connectivity index (χ0n) is 11.7. The molecule has 1 fully saturated rings. The Morgan fingerprint density at radius 3 is 2.55 bits per heavy atom. The molecule has 20 heavy (non-hydrogen) atoms. The molecule has 1 amide bonds. The normalized spacial score (nSPS) is 17.7. The minimum Gasteiger partial charge on any atom is -0.481 e. The zero-order chi connectivity index (χ0) is 14.8. The molecule has 0 spiro atoms. The van der Waals surface area contributed by atoms with Gasteiger partial charge in [-0.25, -0.2) is 0 Å². The van der Waals surface area contributed by atoms with Gasteiger partial charge in [0.15, 0.2) is 0 Å². The first-order chi connectivity index (χ1) is 9.42. The van der Waals surface area contributed by atoms with E-state index in [-0.39, 0.29) is 12.3 Å². The van der Waals surface area contributed by atoms with Crippen LogP contribution >= 0.6 is 11.3 Å². The SMILES string of the molecule is Cc1cc(C(=O)NC2(CC(=O)O)CCOCC2)sc1C. The Morgan fingerprint density at radius 2 is 2.05 bits per heavy atom. The number of carbonyl (C=O) groups is 2. The maximum absolute atomic E-state index is 12.3. The van der Waals surface area contributed by atoms with Gasteiger partial charge in [0.05, 0.1) is 16.8 Å². The minimum atomic E-state index is -0.897. The molecule has 1 aromatic heterocycles. The molecule has 1 saturated heterocycles. The molecule has 0 unspecified atom stereocenters. The molecule has 6 heteroatoms. The summed E-state index contributed by atoms with van der Waals surface area (Å²) >= 11 is 1.44. The molecule has 0 aromatic carbocycles. The van der Waals surface area contributed by atoms with Gasteiger partial charge in [-0.15, -0.1) is 11.3 Å². The number of carboxylic acids is 1. The van der Waals surface area contributed by atoms with Gasteiger partial charge in [0.2, 0.25) is 0 Å². The fourth-order valence-corrected chi connectivity index (χ4v) is 3.31. The second-order valence-electron chi connectivity index (χ2n) is 5.27. The summed E-state index contributed by atoms with van der Waals surface area (Å²) in [4.78, 5) is 25.1. The standard InChI is InChI=1S/C14H19NO4S/c1-9-7-11(20-10(9)2)13(18)15-14(8-12(16)17)3-5-19-6-4-14/h7H,3-6,8H2,1-2H3,(H,15,18)(H,16,17). The van der Waals surface area contributed by atoms with Crippen molar-refractivity contribution in [3.05, 3.63) is 21.4 Å². The number of aryl methyl sites for hydroxylation is 2. The van der Waals surface area contributed by atoms with Crippen LogP contribution in [0.2, 0.25) is 0 Å². The van der Waals surface area contributed by atoms with E-state index in [0.29, 0.717) is 30.9 Å². The van der Waals surface area contributed by atoms with E-state index in [9.17, 15) is 9.59 Å². The third-order valence-electron chi connectivity index (χ3n) is 3.71. The van der Waals surface area contributed by atoms with Crippen molar-refractivity contribution in [1.82, 2.24) is 5.32 Å². The van der Waals surface area contributed by atoms with Crippen molar-refractivity contribution in [3.63, 3.8) is 0 Å². The van der Waals surface area contributed by atoms with Crippen molar-refractivity contribution in [2.24, 2.45) is 0 Å². The predicted octanol–water partition coefficient (Wildman–Crippen LogP) is 2.12. The van der Waals surface area contributed by atoms with Crippen LogP contribution in [0.5, 0.6) is 0 Å². The van der Waals surface area contributed by atoms with Crippen LogP contribution in [0, 0.1) is 13.8 Å². The lowest BCUT2D eigenvalue weighted by Gasteiger charge is -2.36. The molecular weight excluding hydrogens is 278 g/mol. The number of carboxylic acid groups (broad SMARTS) is 1. The van der Waals surface area contributed by atoms with Crippen molar-refractivity contribution < 1.29 is 19.4 Å². The lowest BCUT2D eigenvalue weighted by Crippen LogP contribution is -2.53. The van der Waals surface area contributed by atoms with E-state index in [1.165, 1.54) is 11.3 Å². The molecule has 0 bridgehead atoms. The van der Waals surface area contributed by atoms with Gasteiger partial charge < -0.3 is 15.2 Å². The summed E-state index contributed by atoms with van der Waals surface area (Å²) in [7, 11) is 0. The van der Waals surface area contributed by atoms with E-state index in [4.69, 9.17) is 9.84 Å². The summed E-state index contributed by atoms with van der Waals surface area (Å²) in [5, 5.41) is 12.0. The molecule has 1 aliphatic heterocycles. The smallest absolute Gasteiger partial charge is 0.305 e. The number of nitrogens with one attached hydrogen (secondary N) is 1. The maximum Gasteiger partial charge on any atom is 0.305 e. The Kier molecular flexibility index (Phi) is 4.45. The molecule has 0 aliphatic carbocycles. The quantitative estimate of drug-likeness (QED) is 0.892. The lowest BCUT2D eigenvalue weighted by molar-refractivity contribution is -0.139.